The standard InChI is InChI=1S/C8H13NO3.ClH/c9-5-8-3-7(4-8,6(10)11)1-2-12-8;/h1-5,9H2,(H,10,11);1H. The van der Waals surface area contributed by atoms with Crippen LogP contribution in [0.4, 0.5) is 0 Å². The van der Waals surface area contributed by atoms with Gasteiger partial charge < -0.3 is 15.6 Å². The van der Waals surface area contributed by atoms with Crippen molar-refractivity contribution in [2.24, 2.45) is 11.1 Å². The van der Waals surface area contributed by atoms with Crippen LogP contribution in [0, 0.1) is 5.41 Å². The molecule has 3 rings (SSSR count). The van der Waals surface area contributed by atoms with Gasteiger partial charge in [-0.3, -0.25) is 4.79 Å². The van der Waals surface area contributed by atoms with E-state index >= 15 is 0 Å². The number of fused-ring (bicyclic) bond motifs is 2. The highest BCUT2D eigenvalue weighted by Crippen LogP contribution is 2.56. The van der Waals surface area contributed by atoms with Crippen LogP contribution in [-0.2, 0) is 9.53 Å². The van der Waals surface area contributed by atoms with Gasteiger partial charge in [0, 0.05) is 13.2 Å². The molecule has 3 fully saturated rings. The molecule has 0 atom stereocenters. The Morgan fingerprint density at radius 1 is 1.54 bits per heavy atom. The summed E-state index contributed by atoms with van der Waals surface area (Å²) in [4.78, 5) is 10.9. The van der Waals surface area contributed by atoms with Crippen LogP contribution < -0.4 is 5.73 Å². The van der Waals surface area contributed by atoms with E-state index < -0.39 is 11.4 Å². The molecule has 3 N–H and O–H groups in total. The Balaban J connectivity index is 0.000000845. The van der Waals surface area contributed by atoms with Crippen molar-refractivity contribution in [1.29, 1.82) is 0 Å². The maximum absolute atomic E-state index is 10.9. The van der Waals surface area contributed by atoms with Crippen LogP contribution >= 0.6 is 12.4 Å². The van der Waals surface area contributed by atoms with Gasteiger partial charge in [0.05, 0.1) is 11.0 Å². The summed E-state index contributed by atoms with van der Waals surface area (Å²) in [5, 5.41) is 8.95. The summed E-state index contributed by atoms with van der Waals surface area (Å²) < 4.78 is 5.47. The number of carbonyl (C=O) groups is 1. The first kappa shape index (κ1) is 10.8. The number of ether oxygens (including phenoxy) is 1. The van der Waals surface area contributed by atoms with E-state index in [2.05, 4.69) is 0 Å². The highest BCUT2D eigenvalue weighted by atomic mass is 35.5. The third-order valence-corrected chi connectivity index (χ3v) is 3.14. The fourth-order valence-corrected chi connectivity index (χ4v) is 2.38. The minimum Gasteiger partial charge on any atom is -0.481 e. The van der Waals surface area contributed by atoms with Gasteiger partial charge in [-0.2, -0.15) is 0 Å². The van der Waals surface area contributed by atoms with Gasteiger partial charge in [0.1, 0.15) is 0 Å². The zero-order chi connectivity index (χ0) is 8.82. The zero-order valence-electron chi connectivity index (χ0n) is 7.28. The maximum atomic E-state index is 10.9. The van der Waals surface area contributed by atoms with Gasteiger partial charge >= 0.3 is 5.97 Å². The van der Waals surface area contributed by atoms with Crippen molar-refractivity contribution in [3.05, 3.63) is 0 Å². The van der Waals surface area contributed by atoms with Crippen molar-refractivity contribution in [3.63, 3.8) is 0 Å². The monoisotopic (exact) mass is 207 g/mol. The van der Waals surface area contributed by atoms with Crippen LogP contribution in [-0.4, -0.2) is 29.8 Å². The molecule has 76 valence electrons. The quantitative estimate of drug-likeness (QED) is 0.687. The normalized spacial score (nSPS) is 41.6. The van der Waals surface area contributed by atoms with Crippen molar-refractivity contribution in [1.82, 2.24) is 0 Å². The molecular weight excluding hydrogens is 194 g/mol. The minimum atomic E-state index is -0.685. The lowest BCUT2D eigenvalue weighted by atomic mass is 9.56. The van der Waals surface area contributed by atoms with Crippen molar-refractivity contribution >= 4 is 18.4 Å². The van der Waals surface area contributed by atoms with E-state index in [1.54, 1.807) is 0 Å². The second kappa shape index (κ2) is 3.12. The predicted octanol–water partition coefficient (Wildman–Crippen LogP) is 0.391. The van der Waals surface area contributed by atoms with Crippen LogP contribution in [0.5, 0.6) is 0 Å². The Morgan fingerprint density at radius 2 is 2.15 bits per heavy atom. The Hall–Kier alpha value is -0.320. The molecule has 0 amide bonds. The summed E-state index contributed by atoms with van der Waals surface area (Å²) in [5.74, 6) is -0.685. The number of hydrogen-bond acceptors (Lipinski definition) is 3. The summed E-state index contributed by atoms with van der Waals surface area (Å²) in [7, 11) is 0. The van der Waals surface area contributed by atoms with Crippen LogP contribution in [0.25, 0.3) is 0 Å². The van der Waals surface area contributed by atoms with Crippen LogP contribution in [0.2, 0.25) is 0 Å². The number of aliphatic carboxylic acids is 1. The van der Waals surface area contributed by atoms with E-state index in [0.29, 0.717) is 32.4 Å². The van der Waals surface area contributed by atoms with Gasteiger partial charge in [-0.25, -0.2) is 0 Å². The number of carboxylic acids is 1. The number of hydrogen-bond donors (Lipinski definition) is 2. The Kier molecular flexibility index (Phi) is 2.58. The second-order valence-corrected chi connectivity index (χ2v) is 3.92. The minimum absolute atomic E-state index is 0. The molecule has 0 aromatic heterocycles. The highest BCUT2D eigenvalue weighted by molar-refractivity contribution is 5.85. The molecule has 13 heavy (non-hydrogen) atoms. The van der Waals surface area contributed by atoms with Crippen molar-refractivity contribution in [2.75, 3.05) is 13.2 Å². The lowest BCUT2D eigenvalue weighted by Crippen LogP contribution is -2.64. The van der Waals surface area contributed by atoms with Gasteiger partial charge in [-0.1, -0.05) is 0 Å². The molecule has 3 aliphatic rings. The third kappa shape index (κ3) is 1.33. The Bertz CT molecular complexity index is 225. The first-order valence-electron chi connectivity index (χ1n) is 4.20. The van der Waals surface area contributed by atoms with Crippen LogP contribution in [0.3, 0.4) is 0 Å². The zero-order valence-corrected chi connectivity index (χ0v) is 8.10. The van der Waals surface area contributed by atoms with E-state index in [9.17, 15) is 4.79 Å². The molecule has 0 spiro atoms. The van der Waals surface area contributed by atoms with Crippen molar-refractivity contribution in [3.8, 4) is 0 Å². The first-order valence-corrected chi connectivity index (χ1v) is 4.20. The highest BCUT2D eigenvalue weighted by Gasteiger charge is 2.62. The largest absolute Gasteiger partial charge is 0.481 e. The van der Waals surface area contributed by atoms with Gasteiger partial charge in [0.15, 0.2) is 0 Å². The molecule has 5 heteroatoms. The van der Waals surface area contributed by atoms with Crippen molar-refractivity contribution < 1.29 is 14.6 Å². The molecule has 2 heterocycles. The summed E-state index contributed by atoms with van der Waals surface area (Å²) in [6, 6.07) is 0. The lowest BCUT2D eigenvalue weighted by Gasteiger charge is -2.57. The summed E-state index contributed by atoms with van der Waals surface area (Å²) in [5.41, 5.74) is 4.72. The predicted molar refractivity (Wildman–Crippen MR) is 48.9 cm³/mol. The van der Waals surface area contributed by atoms with Crippen molar-refractivity contribution in [2.45, 2.75) is 24.9 Å². The first-order chi connectivity index (χ1) is 5.63. The van der Waals surface area contributed by atoms with E-state index in [-0.39, 0.29) is 18.0 Å². The molecule has 4 nitrogen and oxygen atoms in total. The lowest BCUT2D eigenvalue weighted by molar-refractivity contribution is -0.228. The average molecular weight is 208 g/mol. The number of nitrogens with two attached hydrogens (primary N) is 1. The summed E-state index contributed by atoms with van der Waals surface area (Å²) >= 11 is 0. The Labute approximate surface area is 82.8 Å². The van der Waals surface area contributed by atoms with Crippen LogP contribution in [0.1, 0.15) is 19.3 Å². The van der Waals surface area contributed by atoms with Gasteiger partial charge in [-0.05, 0) is 19.3 Å². The molecule has 0 radical (unpaired) electrons. The molecule has 2 saturated heterocycles. The summed E-state index contributed by atoms with van der Waals surface area (Å²) in [6.45, 7) is 0.992. The number of rotatable bonds is 2. The van der Waals surface area contributed by atoms with E-state index in [0.717, 1.165) is 0 Å². The number of carboxylic acid groups (broad SMARTS) is 1. The second-order valence-electron chi connectivity index (χ2n) is 3.92. The average Bonchev–Trinajstić information content (AvgIpc) is 2.03. The van der Waals surface area contributed by atoms with E-state index in [4.69, 9.17) is 15.6 Å². The maximum Gasteiger partial charge on any atom is 0.309 e. The van der Waals surface area contributed by atoms with Gasteiger partial charge in [0.25, 0.3) is 0 Å². The van der Waals surface area contributed by atoms with E-state index in [1.807, 2.05) is 0 Å². The molecule has 1 aliphatic carbocycles. The third-order valence-electron chi connectivity index (χ3n) is 3.14. The molecule has 0 unspecified atom stereocenters. The molecule has 2 aliphatic heterocycles. The molecule has 0 aromatic carbocycles. The fraction of sp³-hybridized carbons (Fsp3) is 0.875. The van der Waals surface area contributed by atoms with Crippen LogP contribution in [0.15, 0.2) is 0 Å². The smallest absolute Gasteiger partial charge is 0.309 e. The molecule has 0 aromatic rings. The molecular formula is C8H14ClNO3. The molecule has 2 bridgehead atoms. The van der Waals surface area contributed by atoms with Gasteiger partial charge in [-0.15, -0.1) is 12.4 Å². The fourth-order valence-electron chi connectivity index (χ4n) is 2.38. The molecule has 1 saturated carbocycles. The van der Waals surface area contributed by atoms with E-state index in [1.165, 1.54) is 0 Å². The van der Waals surface area contributed by atoms with Gasteiger partial charge in [0.2, 0.25) is 0 Å². The SMILES string of the molecule is Cl.NCC12CC(C(=O)O)(CCO1)C2. The Morgan fingerprint density at radius 3 is 2.62 bits per heavy atom. The summed E-state index contributed by atoms with van der Waals surface area (Å²) in [6.07, 6.45) is 1.85. The topological polar surface area (TPSA) is 72.6 Å². The number of halogens is 1.